The molecule has 0 bridgehead atoms. The lowest BCUT2D eigenvalue weighted by atomic mass is 9.87. The molecule has 0 saturated carbocycles. The van der Waals surface area contributed by atoms with Gasteiger partial charge in [-0.25, -0.2) is 8.42 Å². The minimum atomic E-state index is -3.35. The number of nitrogens with two attached hydrogens (primary N) is 1. The van der Waals surface area contributed by atoms with Gasteiger partial charge >= 0.3 is 0 Å². The van der Waals surface area contributed by atoms with Crippen LogP contribution in [0.15, 0.2) is 18.2 Å². The van der Waals surface area contributed by atoms with E-state index >= 15 is 0 Å². The zero-order valence-electron chi connectivity index (χ0n) is 13.5. The Hall–Kier alpha value is -1.27. The van der Waals surface area contributed by atoms with Crippen LogP contribution in [0.1, 0.15) is 43.9 Å². The van der Waals surface area contributed by atoms with Gasteiger partial charge in [0, 0.05) is 5.69 Å². The number of carbonyl (C=O) groups excluding carboxylic acids is 1. The van der Waals surface area contributed by atoms with Crippen molar-refractivity contribution in [1.82, 2.24) is 5.32 Å². The van der Waals surface area contributed by atoms with Crippen molar-refractivity contribution in [3.05, 3.63) is 29.3 Å². The molecule has 1 aliphatic carbocycles. The molecule has 0 heterocycles. The predicted octanol–water partition coefficient (Wildman–Crippen LogP) is 2.25. The first-order valence-corrected chi connectivity index (χ1v) is 9.47. The molecule has 23 heavy (non-hydrogen) atoms. The van der Waals surface area contributed by atoms with E-state index in [1.54, 1.807) is 0 Å². The van der Waals surface area contributed by atoms with Crippen molar-refractivity contribution >= 4 is 33.8 Å². The van der Waals surface area contributed by atoms with Crippen molar-refractivity contribution < 1.29 is 13.2 Å². The van der Waals surface area contributed by atoms with Gasteiger partial charge in [0.25, 0.3) is 0 Å². The number of aryl methyl sites for hydroxylation is 1. The summed E-state index contributed by atoms with van der Waals surface area (Å²) in [5.41, 5.74) is 8.70. The van der Waals surface area contributed by atoms with Crippen molar-refractivity contribution in [3.8, 4) is 0 Å². The van der Waals surface area contributed by atoms with E-state index in [0.29, 0.717) is 5.69 Å². The number of amides is 1. The lowest BCUT2D eigenvalue weighted by Crippen LogP contribution is -2.36. The van der Waals surface area contributed by atoms with Crippen LogP contribution in [0.5, 0.6) is 0 Å². The summed E-state index contributed by atoms with van der Waals surface area (Å²) >= 11 is 0. The highest BCUT2D eigenvalue weighted by molar-refractivity contribution is 7.92. The maximum Gasteiger partial charge on any atom is 0.235 e. The van der Waals surface area contributed by atoms with E-state index in [0.717, 1.165) is 30.4 Å². The van der Waals surface area contributed by atoms with E-state index in [9.17, 15) is 13.2 Å². The van der Waals surface area contributed by atoms with Gasteiger partial charge in [0.15, 0.2) is 9.84 Å². The number of sulfone groups is 1. The van der Waals surface area contributed by atoms with Crippen LogP contribution in [-0.2, 0) is 21.1 Å². The quantitative estimate of drug-likeness (QED) is 0.788. The van der Waals surface area contributed by atoms with Crippen molar-refractivity contribution in [2.24, 2.45) is 5.92 Å². The highest BCUT2D eigenvalue weighted by Gasteiger charge is 2.24. The monoisotopic (exact) mass is 360 g/mol. The summed E-state index contributed by atoms with van der Waals surface area (Å²) in [5.74, 6) is -0.795. The van der Waals surface area contributed by atoms with Gasteiger partial charge in [-0.3, -0.25) is 4.79 Å². The third kappa shape index (κ3) is 5.70. The Bertz CT molecular complexity index is 659. The fraction of sp³-hybridized carbons (Fsp3) is 0.562. The van der Waals surface area contributed by atoms with Crippen LogP contribution in [0.2, 0.25) is 0 Å². The van der Waals surface area contributed by atoms with Crippen molar-refractivity contribution in [3.63, 3.8) is 0 Å². The van der Waals surface area contributed by atoms with Gasteiger partial charge < -0.3 is 11.1 Å². The predicted molar refractivity (Wildman–Crippen MR) is 95.4 cm³/mol. The molecule has 1 aromatic carbocycles. The summed E-state index contributed by atoms with van der Waals surface area (Å²) in [4.78, 5) is 12.1. The number of halogens is 1. The van der Waals surface area contributed by atoms with Crippen LogP contribution < -0.4 is 11.1 Å². The van der Waals surface area contributed by atoms with Crippen LogP contribution >= 0.6 is 12.4 Å². The summed E-state index contributed by atoms with van der Waals surface area (Å²) < 4.78 is 23.8. The molecular weight excluding hydrogens is 336 g/mol. The average molecular weight is 361 g/mol. The number of rotatable bonds is 5. The summed E-state index contributed by atoms with van der Waals surface area (Å²) in [6.07, 6.45) is 2.73. The lowest BCUT2D eigenvalue weighted by molar-refractivity contribution is -0.119. The number of benzene rings is 1. The second-order valence-electron chi connectivity index (χ2n) is 6.42. The Balaban J connectivity index is 0.00000264. The normalized spacial score (nSPS) is 17.3. The number of fused-ring (bicyclic) bond motifs is 1. The minimum absolute atomic E-state index is 0. The molecule has 7 heteroatoms. The molecule has 1 aliphatic rings. The summed E-state index contributed by atoms with van der Waals surface area (Å²) in [5, 5.41) is 2.86. The molecule has 1 amide bonds. The smallest absolute Gasteiger partial charge is 0.235 e. The molecule has 0 aliphatic heterocycles. The highest BCUT2D eigenvalue weighted by atomic mass is 35.5. The Labute approximate surface area is 144 Å². The summed E-state index contributed by atoms with van der Waals surface area (Å²) in [6.45, 7) is 3.66. The van der Waals surface area contributed by atoms with E-state index in [1.165, 1.54) is 0 Å². The number of anilines is 1. The van der Waals surface area contributed by atoms with E-state index in [4.69, 9.17) is 5.73 Å². The lowest BCUT2D eigenvalue weighted by Gasteiger charge is -2.26. The fourth-order valence-electron chi connectivity index (χ4n) is 2.99. The number of nitrogens with one attached hydrogen (secondary N) is 1. The molecule has 1 aromatic rings. The molecule has 0 radical (unpaired) electrons. The molecule has 0 spiro atoms. The second kappa shape index (κ2) is 8.02. The average Bonchev–Trinajstić information content (AvgIpc) is 2.35. The second-order valence-corrected chi connectivity index (χ2v) is 8.53. The highest BCUT2D eigenvalue weighted by Crippen LogP contribution is 2.30. The minimum Gasteiger partial charge on any atom is -0.399 e. The van der Waals surface area contributed by atoms with Crippen molar-refractivity contribution in [1.29, 1.82) is 0 Å². The van der Waals surface area contributed by atoms with Crippen LogP contribution in [0.4, 0.5) is 5.69 Å². The Morgan fingerprint density at radius 1 is 1.39 bits per heavy atom. The Kier molecular flexibility index (Phi) is 6.89. The van der Waals surface area contributed by atoms with Crippen LogP contribution in [0.3, 0.4) is 0 Å². The van der Waals surface area contributed by atoms with E-state index in [1.807, 2.05) is 32.0 Å². The number of nitrogen functional groups attached to an aromatic ring is 1. The van der Waals surface area contributed by atoms with Gasteiger partial charge in [-0.15, -0.1) is 12.4 Å². The molecule has 2 rings (SSSR count). The molecule has 0 saturated heterocycles. The first kappa shape index (κ1) is 19.8. The molecule has 5 nitrogen and oxygen atoms in total. The van der Waals surface area contributed by atoms with Gasteiger partial charge in [-0.1, -0.05) is 19.9 Å². The van der Waals surface area contributed by atoms with Crippen molar-refractivity contribution in [2.75, 3.05) is 17.2 Å². The number of hydrogen-bond donors (Lipinski definition) is 2. The fourth-order valence-corrected chi connectivity index (χ4v) is 4.60. The van der Waals surface area contributed by atoms with Crippen molar-refractivity contribution in [2.45, 2.75) is 39.2 Å². The summed E-state index contributed by atoms with van der Waals surface area (Å²) in [6, 6.07) is 5.56. The molecule has 0 aromatic heterocycles. The molecule has 1 atom stereocenters. The zero-order valence-corrected chi connectivity index (χ0v) is 15.2. The van der Waals surface area contributed by atoms with E-state index in [-0.39, 0.29) is 30.1 Å². The van der Waals surface area contributed by atoms with Gasteiger partial charge in [0.05, 0.1) is 11.8 Å². The number of hydrogen-bond acceptors (Lipinski definition) is 4. The van der Waals surface area contributed by atoms with Gasteiger partial charge in [0.2, 0.25) is 5.91 Å². The topological polar surface area (TPSA) is 89.3 Å². The largest absolute Gasteiger partial charge is 0.399 e. The molecular formula is C16H25ClN2O3S. The molecule has 130 valence electrons. The van der Waals surface area contributed by atoms with Gasteiger partial charge in [-0.05, 0) is 48.4 Å². The van der Waals surface area contributed by atoms with E-state index in [2.05, 4.69) is 5.32 Å². The molecule has 3 N–H and O–H groups in total. The third-order valence-corrected chi connectivity index (χ3v) is 5.63. The van der Waals surface area contributed by atoms with Gasteiger partial charge in [0.1, 0.15) is 5.75 Å². The molecule has 0 fully saturated rings. The van der Waals surface area contributed by atoms with Crippen LogP contribution in [-0.4, -0.2) is 25.8 Å². The zero-order chi connectivity index (χ0) is 16.3. The Morgan fingerprint density at radius 2 is 2.09 bits per heavy atom. The first-order chi connectivity index (χ1) is 10.3. The standard InChI is InChI=1S/C16H24N2O3S.ClH/c1-11(2)9-22(20,21)10-16(19)18-15-5-3-4-12-8-13(17)6-7-14(12)15;/h6-8,11,15H,3-5,9-10,17H2,1-2H3,(H,18,19);1H. The Morgan fingerprint density at radius 3 is 2.74 bits per heavy atom. The maximum absolute atomic E-state index is 12.1. The van der Waals surface area contributed by atoms with Crippen LogP contribution in [0.25, 0.3) is 0 Å². The van der Waals surface area contributed by atoms with E-state index < -0.39 is 21.5 Å². The summed E-state index contributed by atoms with van der Waals surface area (Å²) in [7, 11) is -3.35. The third-order valence-electron chi connectivity index (χ3n) is 3.75. The van der Waals surface area contributed by atoms with Gasteiger partial charge in [-0.2, -0.15) is 0 Å². The number of carbonyl (C=O) groups is 1. The SMILES string of the molecule is CC(C)CS(=O)(=O)CC(=O)NC1CCCc2cc(N)ccc21.Cl. The first-order valence-electron chi connectivity index (χ1n) is 7.65. The molecule has 1 unspecified atom stereocenters. The van der Waals surface area contributed by atoms with Crippen LogP contribution in [0, 0.1) is 5.92 Å². The maximum atomic E-state index is 12.1.